The van der Waals surface area contributed by atoms with E-state index in [4.69, 9.17) is 0 Å². The zero-order valence-corrected chi connectivity index (χ0v) is 20.2. The minimum atomic E-state index is -3.25. The molecule has 5 nitrogen and oxygen atoms in total. The number of halogens is 1. The zero-order valence-electron chi connectivity index (χ0n) is 19.4. The van der Waals surface area contributed by atoms with E-state index in [0.717, 1.165) is 61.9 Å². The van der Waals surface area contributed by atoms with Gasteiger partial charge in [-0.1, -0.05) is 25.5 Å². The quantitative estimate of drug-likeness (QED) is 0.571. The largest absolute Gasteiger partial charge is 0.306 e. The normalized spacial score (nSPS) is 29.3. The fourth-order valence-corrected chi connectivity index (χ4v) is 8.86. The molecule has 178 valence electrons. The number of aromatic nitrogens is 2. The number of hydrogen-bond acceptors (Lipinski definition) is 3. The monoisotopic (exact) mass is 479 g/mol. The summed E-state index contributed by atoms with van der Waals surface area (Å²) in [6, 6.07) is 13.0. The van der Waals surface area contributed by atoms with Gasteiger partial charge in [0.15, 0.2) is 0 Å². The molecule has 1 aromatic heterocycles. The SMILES string of the molecule is CCCC1CC2(NS1(=O)=O)C1CCC2Cc2cc(-c3cn(-c4ccc(F)cc4)cn3)ccc2C1. The molecule has 7 heteroatoms. The molecule has 3 aliphatic rings. The lowest BCUT2D eigenvalue weighted by Gasteiger charge is -2.34. The van der Waals surface area contributed by atoms with Gasteiger partial charge in [0.05, 0.1) is 17.3 Å². The molecule has 34 heavy (non-hydrogen) atoms. The number of hydrogen-bond donors (Lipinski definition) is 1. The number of nitrogens with zero attached hydrogens (tertiary/aromatic N) is 2. The third-order valence-electron chi connectivity index (χ3n) is 8.41. The van der Waals surface area contributed by atoms with E-state index in [1.165, 1.54) is 23.3 Å². The highest BCUT2D eigenvalue weighted by Crippen LogP contribution is 2.53. The molecule has 0 amide bonds. The minimum Gasteiger partial charge on any atom is -0.306 e. The molecule has 4 atom stereocenters. The van der Waals surface area contributed by atoms with Crippen LogP contribution in [0.1, 0.15) is 50.2 Å². The van der Waals surface area contributed by atoms with E-state index in [1.54, 1.807) is 18.5 Å². The molecule has 2 aliphatic carbocycles. The Kier molecular flexibility index (Phi) is 5.19. The van der Waals surface area contributed by atoms with Crippen molar-refractivity contribution in [3.63, 3.8) is 0 Å². The molecule has 3 aromatic rings. The van der Waals surface area contributed by atoms with E-state index in [0.29, 0.717) is 11.8 Å². The van der Waals surface area contributed by atoms with Crippen LogP contribution in [0.4, 0.5) is 4.39 Å². The predicted octanol–water partition coefficient (Wildman–Crippen LogP) is 5.03. The lowest BCUT2D eigenvalue weighted by molar-refractivity contribution is 0.223. The number of benzene rings is 2. The Morgan fingerprint density at radius 1 is 1.09 bits per heavy atom. The molecule has 4 unspecified atom stereocenters. The van der Waals surface area contributed by atoms with Crippen molar-refractivity contribution in [2.75, 3.05) is 0 Å². The standard InChI is InChI=1S/C27H30FN3O2S/c1-2-3-25-15-27(30-34(25,32)33)21-6-7-22(27)14-20-12-19(5-4-18(20)13-21)26-16-31(17-29-26)24-10-8-23(28)9-11-24/h4-5,8-12,16-17,21-22,25,30H,2-3,6-7,13-15H2,1H3. The van der Waals surface area contributed by atoms with E-state index < -0.39 is 10.0 Å². The molecule has 0 radical (unpaired) electrons. The maximum absolute atomic E-state index is 13.3. The van der Waals surface area contributed by atoms with Gasteiger partial charge in [-0.25, -0.2) is 22.5 Å². The first-order valence-corrected chi connectivity index (χ1v) is 13.9. The van der Waals surface area contributed by atoms with Gasteiger partial charge < -0.3 is 4.57 Å². The molecule has 2 bridgehead atoms. The Labute approximate surface area is 200 Å². The first-order valence-electron chi connectivity index (χ1n) is 12.3. The van der Waals surface area contributed by atoms with E-state index in [-0.39, 0.29) is 16.6 Å². The van der Waals surface area contributed by atoms with Crippen LogP contribution in [0.15, 0.2) is 55.0 Å². The van der Waals surface area contributed by atoms with Crippen molar-refractivity contribution in [1.82, 2.24) is 14.3 Å². The fourth-order valence-electron chi connectivity index (χ4n) is 6.71. The molecule has 2 fully saturated rings. The summed E-state index contributed by atoms with van der Waals surface area (Å²) >= 11 is 0. The fraction of sp³-hybridized carbons (Fsp3) is 0.444. The second kappa shape index (κ2) is 8.02. The Hall–Kier alpha value is -2.51. The maximum Gasteiger partial charge on any atom is 0.215 e. The Bertz CT molecular complexity index is 1330. The van der Waals surface area contributed by atoms with Gasteiger partial charge in [0.25, 0.3) is 0 Å². The molecular formula is C27H30FN3O2S. The van der Waals surface area contributed by atoms with Crippen LogP contribution in [-0.2, 0) is 22.9 Å². The Morgan fingerprint density at radius 3 is 2.56 bits per heavy atom. The zero-order chi connectivity index (χ0) is 23.5. The van der Waals surface area contributed by atoms with Crippen molar-refractivity contribution in [2.24, 2.45) is 11.8 Å². The maximum atomic E-state index is 13.3. The summed E-state index contributed by atoms with van der Waals surface area (Å²) in [7, 11) is -3.25. The van der Waals surface area contributed by atoms with Crippen LogP contribution in [0, 0.1) is 17.7 Å². The van der Waals surface area contributed by atoms with Crippen molar-refractivity contribution in [3.05, 3.63) is 71.9 Å². The van der Waals surface area contributed by atoms with Crippen molar-refractivity contribution in [3.8, 4) is 16.9 Å². The van der Waals surface area contributed by atoms with Crippen LogP contribution < -0.4 is 4.72 Å². The summed E-state index contributed by atoms with van der Waals surface area (Å²) in [5.74, 6) is 0.439. The van der Waals surface area contributed by atoms with Crippen LogP contribution >= 0.6 is 0 Å². The number of nitrogens with one attached hydrogen (secondary N) is 1. The lowest BCUT2D eigenvalue weighted by Crippen LogP contribution is -2.50. The second-order valence-electron chi connectivity index (χ2n) is 10.3. The van der Waals surface area contributed by atoms with Crippen LogP contribution in [0.3, 0.4) is 0 Å². The van der Waals surface area contributed by atoms with Gasteiger partial charge in [0.1, 0.15) is 5.82 Å². The summed E-state index contributed by atoms with van der Waals surface area (Å²) < 4.78 is 44.3. The Balaban J connectivity index is 1.30. The van der Waals surface area contributed by atoms with E-state index in [9.17, 15) is 12.8 Å². The predicted molar refractivity (Wildman–Crippen MR) is 131 cm³/mol. The molecule has 6 rings (SSSR count). The second-order valence-corrected chi connectivity index (χ2v) is 12.3. The van der Waals surface area contributed by atoms with Gasteiger partial charge in [-0.2, -0.15) is 0 Å². The minimum absolute atomic E-state index is 0.257. The first kappa shape index (κ1) is 22.0. The summed E-state index contributed by atoms with van der Waals surface area (Å²) in [4.78, 5) is 4.60. The van der Waals surface area contributed by atoms with Gasteiger partial charge in [0, 0.05) is 23.0 Å². The highest BCUT2D eigenvalue weighted by atomic mass is 32.2. The van der Waals surface area contributed by atoms with Crippen molar-refractivity contribution < 1.29 is 12.8 Å². The van der Waals surface area contributed by atoms with Gasteiger partial charge in [-0.3, -0.25) is 0 Å². The average molecular weight is 480 g/mol. The summed E-state index contributed by atoms with van der Waals surface area (Å²) in [5.41, 5.74) is 5.17. The van der Waals surface area contributed by atoms with Crippen LogP contribution in [-0.4, -0.2) is 28.8 Å². The van der Waals surface area contributed by atoms with E-state index in [1.807, 2.05) is 10.8 Å². The van der Waals surface area contributed by atoms with Gasteiger partial charge >= 0.3 is 0 Å². The number of fused-ring (bicyclic) bond motifs is 1. The molecular weight excluding hydrogens is 449 g/mol. The topological polar surface area (TPSA) is 64.0 Å². The van der Waals surface area contributed by atoms with Crippen LogP contribution in [0.25, 0.3) is 16.9 Å². The van der Waals surface area contributed by atoms with E-state index in [2.05, 4.69) is 34.8 Å². The smallest absolute Gasteiger partial charge is 0.215 e. The molecule has 1 spiro atoms. The van der Waals surface area contributed by atoms with Crippen LogP contribution in [0.5, 0.6) is 0 Å². The third-order valence-corrected chi connectivity index (χ3v) is 10.4. The highest BCUT2D eigenvalue weighted by Gasteiger charge is 2.59. The van der Waals surface area contributed by atoms with Crippen molar-refractivity contribution in [1.29, 1.82) is 0 Å². The third kappa shape index (κ3) is 3.52. The molecule has 1 saturated carbocycles. The Morgan fingerprint density at radius 2 is 1.82 bits per heavy atom. The summed E-state index contributed by atoms with van der Waals surface area (Å²) in [5, 5.41) is -0.257. The van der Waals surface area contributed by atoms with Gasteiger partial charge in [-0.05, 0) is 91.8 Å². The average Bonchev–Trinajstić information content (AvgIpc) is 3.45. The van der Waals surface area contributed by atoms with Gasteiger partial charge in [-0.15, -0.1) is 0 Å². The molecule has 1 N–H and O–H groups in total. The van der Waals surface area contributed by atoms with E-state index >= 15 is 0 Å². The molecule has 2 heterocycles. The molecule has 2 aromatic carbocycles. The number of rotatable bonds is 4. The first-order chi connectivity index (χ1) is 16.4. The molecule has 1 saturated heterocycles. The van der Waals surface area contributed by atoms with Gasteiger partial charge in [0.2, 0.25) is 10.0 Å². The number of sulfonamides is 1. The highest BCUT2D eigenvalue weighted by molar-refractivity contribution is 7.90. The molecule has 1 aliphatic heterocycles. The van der Waals surface area contributed by atoms with Crippen molar-refractivity contribution >= 4 is 10.0 Å². The van der Waals surface area contributed by atoms with Crippen LogP contribution in [0.2, 0.25) is 0 Å². The number of imidazole rings is 1. The van der Waals surface area contributed by atoms with Crippen molar-refractivity contribution in [2.45, 2.75) is 62.7 Å². The summed E-state index contributed by atoms with van der Waals surface area (Å²) in [6.45, 7) is 2.07. The lowest BCUT2D eigenvalue weighted by atomic mass is 9.76. The summed E-state index contributed by atoms with van der Waals surface area (Å²) in [6.07, 6.45) is 10.1.